The van der Waals surface area contributed by atoms with Crippen molar-refractivity contribution in [2.45, 2.75) is 84.0 Å². The number of ketones is 1. The lowest BCUT2D eigenvalue weighted by molar-refractivity contribution is -0.117. The van der Waals surface area contributed by atoms with Gasteiger partial charge >= 0.3 is 5.97 Å². The highest BCUT2D eigenvalue weighted by Crippen LogP contribution is 2.32. The summed E-state index contributed by atoms with van der Waals surface area (Å²) in [4.78, 5) is 24.3. The second-order valence-electron chi connectivity index (χ2n) is 8.04. The van der Waals surface area contributed by atoms with Crippen molar-refractivity contribution in [1.82, 2.24) is 0 Å². The zero-order valence-corrected chi connectivity index (χ0v) is 19.6. The highest BCUT2D eigenvalue weighted by molar-refractivity contribution is 7.13. The van der Waals surface area contributed by atoms with Gasteiger partial charge in [-0.15, -0.1) is 11.3 Å². The minimum absolute atomic E-state index is 0.234. The molecule has 30 heavy (non-hydrogen) atoms. The first-order chi connectivity index (χ1) is 14.6. The first-order valence-electron chi connectivity index (χ1n) is 11.3. The molecule has 0 radical (unpaired) electrons. The van der Waals surface area contributed by atoms with Crippen LogP contribution in [0, 0.1) is 0 Å². The van der Waals surface area contributed by atoms with Crippen molar-refractivity contribution in [3.8, 4) is 0 Å². The van der Waals surface area contributed by atoms with E-state index in [1.165, 1.54) is 66.6 Å². The normalized spacial score (nSPS) is 15.6. The van der Waals surface area contributed by atoms with E-state index in [1.54, 1.807) is 0 Å². The van der Waals surface area contributed by atoms with Crippen LogP contribution in [0.5, 0.6) is 0 Å². The van der Waals surface area contributed by atoms with Crippen molar-refractivity contribution >= 4 is 23.1 Å². The van der Waals surface area contributed by atoms with E-state index in [0.29, 0.717) is 16.6 Å². The highest BCUT2D eigenvalue weighted by Gasteiger charge is 2.23. The average molecular weight is 429 g/mol. The molecule has 0 saturated heterocycles. The number of rotatable bonds is 9. The number of ether oxygens (including phenoxy) is 1. The molecule has 3 nitrogen and oxygen atoms in total. The number of esters is 1. The third kappa shape index (κ3) is 8.06. The predicted octanol–water partition coefficient (Wildman–Crippen LogP) is 7.13. The molecule has 1 aliphatic carbocycles. The topological polar surface area (TPSA) is 43.4 Å². The largest absolute Gasteiger partial charge is 0.465 e. The van der Waals surface area contributed by atoms with E-state index in [9.17, 15) is 9.59 Å². The molecule has 0 unspecified atom stereocenters. The second-order valence-corrected chi connectivity index (χ2v) is 9.21. The Bertz CT molecular complexity index is 776. The Morgan fingerprint density at radius 3 is 2.37 bits per heavy atom. The van der Waals surface area contributed by atoms with Crippen molar-refractivity contribution in [3.05, 3.63) is 57.3 Å². The fraction of sp³-hybridized carbons (Fsp3) is 0.538. The van der Waals surface area contributed by atoms with Crippen LogP contribution in [0.25, 0.3) is 0 Å². The maximum atomic E-state index is 11.3. The number of carbonyl (C=O) groups excluding carboxylic acids is 2. The molecule has 3 rings (SSSR count). The van der Waals surface area contributed by atoms with Crippen molar-refractivity contribution < 1.29 is 14.3 Å². The molecule has 1 aromatic heterocycles. The summed E-state index contributed by atoms with van der Waals surface area (Å²) in [6.45, 7) is 4.37. The van der Waals surface area contributed by atoms with E-state index in [4.69, 9.17) is 0 Å². The number of aryl methyl sites for hydroxylation is 2. The van der Waals surface area contributed by atoms with E-state index >= 15 is 0 Å². The van der Waals surface area contributed by atoms with Crippen LogP contribution >= 0.6 is 11.3 Å². The molecule has 0 bridgehead atoms. The van der Waals surface area contributed by atoms with Gasteiger partial charge in [0, 0.05) is 17.7 Å². The van der Waals surface area contributed by atoms with Gasteiger partial charge in [-0.05, 0) is 54.9 Å². The van der Waals surface area contributed by atoms with E-state index in [1.807, 2.05) is 12.1 Å². The molecule has 4 heteroatoms. The van der Waals surface area contributed by atoms with Crippen LogP contribution in [0.15, 0.2) is 36.4 Å². The highest BCUT2D eigenvalue weighted by atomic mass is 32.1. The maximum Gasteiger partial charge on any atom is 0.348 e. The summed E-state index contributed by atoms with van der Waals surface area (Å²) < 4.78 is 4.60. The Balaban J connectivity index is 0.000000232. The number of Topliss-reactive ketones (excluding diaryl/α,β-unsaturated/α-hetero) is 1. The summed E-state index contributed by atoms with van der Waals surface area (Å²) in [6.07, 6.45) is 11.2. The van der Waals surface area contributed by atoms with E-state index < -0.39 is 0 Å². The molecule has 164 valence electrons. The third-order valence-electron chi connectivity index (χ3n) is 5.56. The standard InChI is InChI=1S/C17H24O.C9H12O2S/c1-2-3-4-5-6-14-7-9-15(10-8-14)16-11-12-17(18)13-16;1-3-4-7-5-6-8(12-7)9(10)11-2/h7-10,16H,2-6,11-13H2,1H3;5-6H,3-4H2,1-2H3/t16-;/m0./s1. The number of carbonyl (C=O) groups is 2. The van der Waals surface area contributed by atoms with Crippen molar-refractivity contribution in [2.75, 3.05) is 7.11 Å². The van der Waals surface area contributed by atoms with Crippen molar-refractivity contribution in [2.24, 2.45) is 0 Å². The number of methoxy groups -OCH3 is 1. The molecule has 0 N–H and O–H groups in total. The SMILES string of the molecule is CCCCCCc1ccc([C@H]2CCC(=O)C2)cc1.CCCc1ccc(C(=O)OC)s1. The fourth-order valence-electron chi connectivity index (χ4n) is 3.78. The summed E-state index contributed by atoms with van der Waals surface area (Å²) in [5.74, 6) is 0.692. The zero-order chi connectivity index (χ0) is 21.8. The molecule has 1 aromatic carbocycles. The van der Waals surface area contributed by atoms with Crippen molar-refractivity contribution in [3.63, 3.8) is 0 Å². The zero-order valence-electron chi connectivity index (χ0n) is 18.7. The van der Waals surface area contributed by atoms with Crippen LogP contribution in [0.4, 0.5) is 0 Å². The lowest BCUT2D eigenvalue weighted by atomic mass is 9.95. The van der Waals surface area contributed by atoms with E-state index in [2.05, 4.69) is 42.8 Å². The summed E-state index contributed by atoms with van der Waals surface area (Å²) in [7, 11) is 1.40. The third-order valence-corrected chi connectivity index (χ3v) is 6.69. The molecule has 0 spiro atoms. The maximum absolute atomic E-state index is 11.3. The van der Waals surface area contributed by atoms with Gasteiger partial charge in [0.15, 0.2) is 0 Å². The Morgan fingerprint density at radius 2 is 1.77 bits per heavy atom. The lowest BCUT2D eigenvalue weighted by Crippen LogP contribution is -1.96. The number of benzene rings is 1. The van der Waals surface area contributed by atoms with Crippen LogP contribution in [-0.2, 0) is 22.4 Å². The smallest absolute Gasteiger partial charge is 0.348 e. The Morgan fingerprint density at radius 1 is 1.00 bits per heavy atom. The molecule has 0 aliphatic heterocycles. The Kier molecular flexibility index (Phi) is 10.9. The van der Waals surface area contributed by atoms with Gasteiger partial charge in [0.25, 0.3) is 0 Å². The van der Waals surface area contributed by atoms with Crippen LogP contribution < -0.4 is 0 Å². The number of thiophene rings is 1. The Labute approximate surface area is 185 Å². The van der Waals surface area contributed by atoms with Gasteiger partial charge < -0.3 is 4.74 Å². The summed E-state index contributed by atoms with van der Waals surface area (Å²) in [6, 6.07) is 12.8. The first kappa shape index (κ1) is 24.3. The van der Waals surface area contributed by atoms with Gasteiger partial charge in [0.2, 0.25) is 0 Å². The summed E-state index contributed by atoms with van der Waals surface area (Å²) >= 11 is 1.52. The average Bonchev–Trinajstić information content (AvgIpc) is 3.41. The van der Waals surface area contributed by atoms with Gasteiger partial charge in [0.05, 0.1) is 7.11 Å². The molecule has 1 fully saturated rings. The van der Waals surface area contributed by atoms with Crippen LogP contribution in [0.3, 0.4) is 0 Å². The van der Waals surface area contributed by atoms with Gasteiger partial charge in [-0.2, -0.15) is 0 Å². The Hall–Kier alpha value is -1.94. The van der Waals surface area contributed by atoms with Gasteiger partial charge in [-0.3, -0.25) is 4.79 Å². The lowest BCUT2D eigenvalue weighted by Gasteiger charge is -2.09. The molecule has 2 aromatic rings. The molecule has 1 saturated carbocycles. The fourth-order valence-corrected chi connectivity index (χ4v) is 4.81. The van der Waals surface area contributed by atoms with Gasteiger partial charge in [-0.1, -0.05) is 63.8 Å². The molecule has 1 atom stereocenters. The van der Waals surface area contributed by atoms with Crippen LogP contribution in [-0.4, -0.2) is 18.9 Å². The predicted molar refractivity (Wildman–Crippen MR) is 126 cm³/mol. The van der Waals surface area contributed by atoms with Crippen molar-refractivity contribution in [1.29, 1.82) is 0 Å². The second kappa shape index (κ2) is 13.4. The molecule has 0 amide bonds. The first-order valence-corrected chi connectivity index (χ1v) is 12.2. The van der Waals surface area contributed by atoms with Gasteiger partial charge in [-0.25, -0.2) is 4.79 Å². The van der Waals surface area contributed by atoms with Crippen LogP contribution in [0.1, 0.15) is 96.8 Å². The quantitative estimate of drug-likeness (QED) is 0.315. The summed E-state index contributed by atoms with van der Waals surface area (Å²) in [5.41, 5.74) is 2.80. The molecule has 1 aliphatic rings. The van der Waals surface area contributed by atoms with E-state index in [-0.39, 0.29) is 5.97 Å². The van der Waals surface area contributed by atoms with Crippen LogP contribution in [0.2, 0.25) is 0 Å². The minimum atomic E-state index is -0.234. The molecule has 1 heterocycles. The monoisotopic (exact) mass is 428 g/mol. The number of hydrogen-bond acceptors (Lipinski definition) is 4. The molecular weight excluding hydrogens is 392 g/mol. The number of hydrogen-bond donors (Lipinski definition) is 0. The molecular formula is C26H36O3S. The van der Waals surface area contributed by atoms with Gasteiger partial charge in [0.1, 0.15) is 10.7 Å². The van der Waals surface area contributed by atoms with E-state index in [0.717, 1.165) is 32.1 Å². The minimum Gasteiger partial charge on any atom is -0.465 e. The number of unbranched alkanes of at least 4 members (excludes halogenated alkanes) is 3. The summed E-state index contributed by atoms with van der Waals surface area (Å²) in [5, 5.41) is 0.